The zero-order chi connectivity index (χ0) is 14.7. The van der Waals surface area contributed by atoms with E-state index >= 15 is 0 Å². The molecule has 3 heteroatoms. The number of fused-ring (bicyclic) bond motifs is 3. The van der Waals surface area contributed by atoms with Crippen LogP contribution in [0.3, 0.4) is 0 Å². The molecule has 0 spiro atoms. The molecule has 0 aromatic heterocycles. The second kappa shape index (κ2) is 6.61. The van der Waals surface area contributed by atoms with Crippen LogP contribution in [0.15, 0.2) is 30.3 Å². The van der Waals surface area contributed by atoms with Crippen molar-refractivity contribution in [1.29, 1.82) is 0 Å². The molecular formula is C18H26N2O. The van der Waals surface area contributed by atoms with E-state index in [0.29, 0.717) is 12.5 Å². The molecule has 3 nitrogen and oxygen atoms in total. The van der Waals surface area contributed by atoms with Gasteiger partial charge in [-0.3, -0.25) is 9.69 Å². The van der Waals surface area contributed by atoms with Gasteiger partial charge in [-0.05, 0) is 36.8 Å². The van der Waals surface area contributed by atoms with Crippen molar-refractivity contribution >= 4 is 5.91 Å². The Morgan fingerprint density at radius 3 is 2.81 bits per heavy atom. The fraction of sp³-hybridized carbons (Fsp3) is 0.611. The first-order valence-electron chi connectivity index (χ1n) is 8.31. The van der Waals surface area contributed by atoms with Crippen molar-refractivity contribution < 1.29 is 4.79 Å². The predicted molar refractivity (Wildman–Crippen MR) is 85.0 cm³/mol. The summed E-state index contributed by atoms with van der Waals surface area (Å²) in [6, 6.07) is 10.5. The van der Waals surface area contributed by atoms with Gasteiger partial charge in [-0.1, -0.05) is 43.7 Å². The summed E-state index contributed by atoms with van der Waals surface area (Å²) < 4.78 is 0. The standard InChI is InChI=1S/C18H26N2O/c1-2-15-13-20-9-8-16(15)11-17(20)12-19-18(21)10-14-6-4-3-5-7-14/h3-7,15-17H,2,8-13H2,1H3,(H,19,21)/t15-,16-,17+/m0/s1. The fourth-order valence-corrected chi connectivity index (χ4v) is 4.00. The topological polar surface area (TPSA) is 32.3 Å². The first kappa shape index (κ1) is 14.6. The highest BCUT2D eigenvalue weighted by atomic mass is 16.1. The van der Waals surface area contributed by atoms with Gasteiger partial charge in [0, 0.05) is 19.1 Å². The molecular weight excluding hydrogens is 260 g/mol. The van der Waals surface area contributed by atoms with Crippen LogP contribution in [0.25, 0.3) is 0 Å². The molecule has 114 valence electrons. The average molecular weight is 286 g/mol. The van der Waals surface area contributed by atoms with Crippen LogP contribution < -0.4 is 5.32 Å². The maximum Gasteiger partial charge on any atom is 0.224 e. The minimum Gasteiger partial charge on any atom is -0.354 e. The Morgan fingerprint density at radius 2 is 2.14 bits per heavy atom. The molecule has 0 saturated carbocycles. The molecule has 3 aliphatic rings. The van der Waals surface area contributed by atoms with Gasteiger partial charge in [0.2, 0.25) is 5.91 Å². The number of rotatable bonds is 5. The van der Waals surface area contributed by atoms with E-state index in [4.69, 9.17) is 0 Å². The van der Waals surface area contributed by atoms with Crippen LogP contribution in [-0.2, 0) is 11.2 Å². The third kappa shape index (κ3) is 3.46. The van der Waals surface area contributed by atoms with Gasteiger partial charge in [-0.25, -0.2) is 0 Å². The van der Waals surface area contributed by atoms with Crippen LogP contribution in [0.5, 0.6) is 0 Å². The Bertz CT molecular complexity index is 473. The summed E-state index contributed by atoms with van der Waals surface area (Å²) in [6.45, 7) is 5.59. The minimum absolute atomic E-state index is 0.149. The van der Waals surface area contributed by atoms with E-state index in [2.05, 4.69) is 17.1 Å². The monoisotopic (exact) mass is 286 g/mol. The second-order valence-corrected chi connectivity index (χ2v) is 6.57. The predicted octanol–water partition coefficient (Wildman–Crippen LogP) is 2.47. The highest BCUT2D eigenvalue weighted by molar-refractivity contribution is 5.78. The number of benzene rings is 1. The van der Waals surface area contributed by atoms with E-state index in [1.807, 2.05) is 30.3 Å². The van der Waals surface area contributed by atoms with Gasteiger partial charge in [-0.2, -0.15) is 0 Å². The molecule has 1 aromatic rings. The number of hydrogen-bond acceptors (Lipinski definition) is 2. The van der Waals surface area contributed by atoms with E-state index in [9.17, 15) is 4.79 Å². The first-order chi connectivity index (χ1) is 10.3. The third-order valence-corrected chi connectivity index (χ3v) is 5.28. The fourth-order valence-electron chi connectivity index (χ4n) is 4.00. The number of hydrogen-bond donors (Lipinski definition) is 1. The van der Waals surface area contributed by atoms with Gasteiger partial charge in [0.25, 0.3) is 0 Å². The van der Waals surface area contributed by atoms with Crippen molar-refractivity contribution in [2.75, 3.05) is 19.6 Å². The molecule has 3 fully saturated rings. The van der Waals surface area contributed by atoms with Crippen LogP contribution in [0.2, 0.25) is 0 Å². The molecule has 1 N–H and O–H groups in total. The van der Waals surface area contributed by atoms with Crippen molar-refractivity contribution in [1.82, 2.24) is 10.2 Å². The summed E-state index contributed by atoms with van der Waals surface area (Å²) in [5.41, 5.74) is 1.09. The zero-order valence-electron chi connectivity index (χ0n) is 12.9. The Balaban J connectivity index is 1.47. The Labute approximate surface area is 127 Å². The lowest BCUT2D eigenvalue weighted by atomic mass is 9.74. The van der Waals surface area contributed by atoms with Crippen LogP contribution in [0.1, 0.15) is 31.7 Å². The van der Waals surface area contributed by atoms with Crippen LogP contribution >= 0.6 is 0 Å². The molecule has 4 rings (SSSR count). The smallest absolute Gasteiger partial charge is 0.224 e. The SMILES string of the molecule is CC[C@H]1CN2CC[C@H]1C[C@@H]2CNC(=O)Cc1ccccc1. The summed E-state index contributed by atoms with van der Waals surface area (Å²) in [5, 5.41) is 3.14. The van der Waals surface area contributed by atoms with Crippen molar-refractivity contribution in [2.45, 2.75) is 38.6 Å². The summed E-state index contributed by atoms with van der Waals surface area (Å²) >= 11 is 0. The van der Waals surface area contributed by atoms with Gasteiger partial charge in [0.05, 0.1) is 6.42 Å². The molecule has 0 radical (unpaired) electrons. The Kier molecular flexibility index (Phi) is 4.59. The van der Waals surface area contributed by atoms with Gasteiger partial charge < -0.3 is 5.32 Å². The molecule has 3 aliphatic heterocycles. The lowest BCUT2D eigenvalue weighted by Gasteiger charge is -2.50. The number of nitrogens with one attached hydrogen (secondary N) is 1. The Hall–Kier alpha value is -1.35. The van der Waals surface area contributed by atoms with E-state index < -0.39 is 0 Å². The van der Waals surface area contributed by atoms with Crippen molar-refractivity contribution in [3.8, 4) is 0 Å². The zero-order valence-corrected chi connectivity index (χ0v) is 12.9. The van der Waals surface area contributed by atoms with Gasteiger partial charge >= 0.3 is 0 Å². The largest absolute Gasteiger partial charge is 0.354 e. The van der Waals surface area contributed by atoms with E-state index in [1.165, 1.54) is 32.4 Å². The van der Waals surface area contributed by atoms with E-state index in [0.717, 1.165) is 23.9 Å². The highest BCUT2D eigenvalue weighted by Gasteiger charge is 2.38. The second-order valence-electron chi connectivity index (χ2n) is 6.57. The number of carbonyl (C=O) groups excluding carboxylic acids is 1. The quantitative estimate of drug-likeness (QED) is 0.902. The number of piperidine rings is 3. The Morgan fingerprint density at radius 1 is 1.33 bits per heavy atom. The molecule has 3 heterocycles. The van der Waals surface area contributed by atoms with Crippen molar-refractivity contribution in [2.24, 2.45) is 11.8 Å². The highest BCUT2D eigenvalue weighted by Crippen LogP contribution is 2.37. The maximum atomic E-state index is 12.1. The number of amides is 1. The molecule has 4 atom stereocenters. The number of carbonyl (C=O) groups is 1. The van der Waals surface area contributed by atoms with Gasteiger partial charge in [0.15, 0.2) is 0 Å². The molecule has 1 unspecified atom stereocenters. The van der Waals surface area contributed by atoms with Crippen LogP contribution in [0, 0.1) is 11.8 Å². The summed E-state index contributed by atoms with van der Waals surface area (Å²) in [6.07, 6.45) is 4.42. The average Bonchev–Trinajstić information content (AvgIpc) is 2.54. The minimum atomic E-state index is 0.149. The van der Waals surface area contributed by atoms with Crippen LogP contribution in [-0.4, -0.2) is 36.5 Å². The lowest BCUT2D eigenvalue weighted by molar-refractivity contribution is -0.121. The van der Waals surface area contributed by atoms with Gasteiger partial charge in [0.1, 0.15) is 0 Å². The summed E-state index contributed by atoms with van der Waals surface area (Å²) in [4.78, 5) is 14.6. The van der Waals surface area contributed by atoms with Crippen molar-refractivity contribution in [3.63, 3.8) is 0 Å². The third-order valence-electron chi connectivity index (χ3n) is 5.28. The van der Waals surface area contributed by atoms with Crippen molar-refractivity contribution in [3.05, 3.63) is 35.9 Å². The van der Waals surface area contributed by atoms with E-state index in [1.54, 1.807) is 0 Å². The maximum absolute atomic E-state index is 12.1. The normalized spacial score (nSPS) is 31.1. The molecule has 3 saturated heterocycles. The number of nitrogens with zero attached hydrogens (tertiary/aromatic N) is 1. The van der Waals surface area contributed by atoms with Crippen LogP contribution in [0.4, 0.5) is 0 Å². The first-order valence-corrected chi connectivity index (χ1v) is 8.31. The molecule has 2 bridgehead atoms. The molecule has 21 heavy (non-hydrogen) atoms. The van der Waals surface area contributed by atoms with E-state index in [-0.39, 0.29) is 5.91 Å². The summed E-state index contributed by atoms with van der Waals surface area (Å²) in [5.74, 6) is 1.92. The summed E-state index contributed by atoms with van der Waals surface area (Å²) in [7, 11) is 0. The molecule has 1 aromatic carbocycles. The van der Waals surface area contributed by atoms with Gasteiger partial charge in [-0.15, -0.1) is 0 Å². The molecule has 1 amide bonds. The molecule has 0 aliphatic carbocycles. The lowest BCUT2D eigenvalue weighted by Crippen LogP contribution is -2.56.